The normalized spacial score (nSPS) is 21.1. The van der Waals surface area contributed by atoms with Crippen LogP contribution >= 0.6 is 22.6 Å². The molecular formula is C18H25I. The van der Waals surface area contributed by atoms with Crippen molar-refractivity contribution < 1.29 is 0 Å². The van der Waals surface area contributed by atoms with Crippen molar-refractivity contribution in [3.63, 3.8) is 0 Å². The Morgan fingerprint density at radius 1 is 1.05 bits per heavy atom. The van der Waals surface area contributed by atoms with Gasteiger partial charge in [0.1, 0.15) is 0 Å². The molecule has 0 amide bonds. The summed E-state index contributed by atoms with van der Waals surface area (Å²) in [6.07, 6.45) is 2.56. The topological polar surface area (TPSA) is 0 Å². The van der Waals surface area contributed by atoms with Crippen LogP contribution in [0.5, 0.6) is 0 Å². The van der Waals surface area contributed by atoms with Crippen molar-refractivity contribution in [1.82, 2.24) is 0 Å². The highest BCUT2D eigenvalue weighted by Crippen LogP contribution is 2.47. The minimum absolute atomic E-state index is 0.304. The predicted octanol–water partition coefficient (Wildman–Crippen LogP) is 6.14. The lowest BCUT2D eigenvalue weighted by Crippen LogP contribution is -2.34. The second-order valence-corrected chi connectivity index (χ2v) is 7.90. The molecule has 0 spiro atoms. The lowest BCUT2D eigenvalue weighted by Gasteiger charge is -2.42. The highest BCUT2D eigenvalue weighted by atomic mass is 127. The number of aryl methyl sites for hydroxylation is 1. The van der Waals surface area contributed by atoms with Gasteiger partial charge < -0.3 is 0 Å². The lowest BCUT2D eigenvalue weighted by atomic mass is 9.62. The van der Waals surface area contributed by atoms with Crippen molar-refractivity contribution in [2.75, 3.05) is 0 Å². The van der Waals surface area contributed by atoms with Crippen molar-refractivity contribution >= 4 is 28.2 Å². The third-order valence-corrected chi connectivity index (χ3v) is 5.72. The molecule has 1 heteroatoms. The fourth-order valence-corrected chi connectivity index (χ4v) is 3.54. The zero-order chi connectivity index (χ0) is 14.4. The van der Waals surface area contributed by atoms with E-state index in [1.807, 2.05) is 0 Å². The molecular weight excluding hydrogens is 343 g/mol. The summed E-state index contributed by atoms with van der Waals surface area (Å²) in [5.74, 6) is 0. The van der Waals surface area contributed by atoms with Crippen molar-refractivity contribution in [2.45, 2.75) is 65.2 Å². The number of hydrogen-bond donors (Lipinski definition) is 0. The lowest BCUT2D eigenvalue weighted by molar-refractivity contribution is 0.331. The summed E-state index contributed by atoms with van der Waals surface area (Å²) in [5, 5.41) is 0. The second-order valence-electron chi connectivity index (χ2n) is 7.27. The third kappa shape index (κ3) is 2.63. The van der Waals surface area contributed by atoms with Gasteiger partial charge in [-0.25, -0.2) is 0 Å². The molecule has 104 valence electrons. The van der Waals surface area contributed by atoms with Crippen LogP contribution in [0.3, 0.4) is 0 Å². The Balaban J connectivity index is 2.72. The second kappa shape index (κ2) is 4.91. The molecule has 19 heavy (non-hydrogen) atoms. The zero-order valence-electron chi connectivity index (χ0n) is 13.0. The van der Waals surface area contributed by atoms with E-state index < -0.39 is 0 Å². The van der Waals surface area contributed by atoms with Gasteiger partial charge in [0.2, 0.25) is 0 Å². The van der Waals surface area contributed by atoms with Gasteiger partial charge >= 0.3 is 0 Å². The minimum Gasteiger partial charge on any atom is -0.0558 e. The van der Waals surface area contributed by atoms with E-state index in [4.69, 9.17) is 0 Å². The summed E-state index contributed by atoms with van der Waals surface area (Å²) in [6.45, 7) is 14.0. The first-order chi connectivity index (χ1) is 8.69. The first-order valence-corrected chi connectivity index (χ1v) is 8.36. The van der Waals surface area contributed by atoms with Crippen molar-refractivity contribution in [2.24, 2.45) is 0 Å². The first kappa shape index (κ1) is 15.1. The number of allylic oxidation sites excluding steroid dienone is 1. The van der Waals surface area contributed by atoms with Crippen LogP contribution in [-0.4, -0.2) is 0 Å². The van der Waals surface area contributed by atoms with Crippen LogP contribution in [0, 0.1) is 6.92 Å². The van der Waals surface area contributed by atoms with E-state index in [1.165, 1.54) is 29.5 Å². The average molecular weight is 368 g/mol. The van der Waals surface area contributed by atoms with Gasteiger partial charge in [-0.1, -0.05) is 62.4 Å². The van der Waals surface area contributed by atoms with Crippen LogP contribution in [-0.2, 0) is 10.8 Å². The quantitative estimate of drug-likeness (QED) is 0.523. The van der Waals surface area contributed by atoms with E-state index in [-0.39, 0.29) is 0 Å². The third-order valence-electron chi connectivity index (χ3n) is 4.79. The molecule has 0 saturated carbocycles. The van der Waals surface area contributed by atoms with Crippen molar-refractivity contribution in [3.05, 3.63) is 38.5 Å². The smallest absolute Gasteiger partial charge is 0.0100 e. The van der Waals surface area contributed by atoms with Crippen molar-refractivity contribution in [1.29, 1.82) is 0 Å². The molecule has 0 fully saturated rings. The van der Waals surface area contributed by atoms with E-state index in [1.54, 1.807) is 11.1 Å². The SMILES string of the molecule is C/C(=C/I)c1cc2c(cc1C)C(C)(C)CCC2(C)C. The van der Waals surface area contributed by atoms with Crippen LogP contribution < -0.4 is 0 Å². The van der Waals surface area contributed by atoms with Crippen molar-refractivity contribution in [3.8, 4) is 0 Å². The Morgan fingerprint density at radius 2 is 1.53 bits per heavy atom. The molecule has 0 heterocycles. The van der Waals surface area contributed by atoms with Gasteiger partial charge in [-0.15, -0.1) is 0 Å². The monoisotopic (exact) mass is 368 g/mol. The van der Waals surface area contributed by atoms with Gasteiger partial charge in [-0.2, -0.15) is 0 Å². The Hall–Kier alpha value is -0.310. The van der Waals surface area contributed by atoms with Gasteiger partial charge in [-0.3, -0.25) is 0 Å². The van der Waals surface area contributed by atoms with Gasteiger partial charge in [0.25, 0.3) is 0 Å². The van der Waals surface area contributed by atoms with E-state index >= 15 is 0 Å². The number of halogens is 1. The van der Waals surface area contributed by atoms with E-state index in [9.17, 15) is 0 Å². The van der Waals surface area contributed by atoms with Crippen LogP contribution in [0.2, 0.25) is 0 Å². The fraction of sp³-hybridized carbons (Fsp3) is 0.556. The van der Waals surface area contributed by atoms with Gasteiger partial charge in [0, 0.05) is 0 Å². The maximum Gasteiger partial charge on any atom is -0.0100 e. The van der Waals surface area contributed by atoms with Crippen LogP contribution in [0.1, 0.15) is 69.7 Å². The molecule has 1 aliphatic rings. The molecule has 0 N–H and O–H groups in total. The summed E-state index contributed by atoms with van der Waals surface area (Å²) < 4.78 is 2.19. The molecule has 0 saturated heterocycles. The highest BCUT2D eigenvalue weighted by Gasteiger charge is 2.37. The largest absolute Gasteiger partial charge is 0.0558 e. The summed E-state index contributed by atoms with van der Waals surface area (Å²) in [5.41, 5.74) is 7.94. The molecule has 1 aromatic carbocycles. The summed E-state index contributed by atoms with van der Waals surface area (Å²) in [4.78, 5) is 0. The minimum atomic E-state index is 0.304. The number of benzene rings is 1. The van der Waals surface area contributed by atoms with Crippen LogP contribution in [0.15, 0.2) is 16.2 Å². The standard InChI is InChI=1S/C18H25I/c1-12-9-15-16(10-14(12)13(2)11-19)18(5,6)8-7-17(15,3)4/h9-11H,7-8H2,1-6H3/b13-11-. The number of fused-ring (bicyclic) bond motifs is 1. The van der Waals surface area contributed by atoms with Gasteiger partial charge in [0.05, 0.1) is 0 Å². The Morgan fingerprint density at radius 3 is 2.00 bits per heavy atom. The summed E-state index contributed by atoms with van der Waals surface area (Å²) in [7, 11) is 0. The Kier molecular flexibility index (Phi) is 3.90. The average Bonchev–Trinajstić information content (AvgIpc) is 2.34. The summed E-state index contributed by atoms with van der Waals surface area (Å²) in [6, 6.07) is 4.89. The summed E-state index contributed by atoms with van der Waals surface area (Å²) >= 11 is 2.34. The maximum absolute atomic E-state index is 2.45. The van der Waals surface area contributed by atoms with Crippen LogP contribution in [0.25, 0.3) is 5.57 Å². The number of hydrogen-bond acceptors (Lipinski definition) is 0. The van der Waals surface area contributed by atoms with Crippen LogP contribution in [0.4, 0.5) is 0 Å². The van der Waals surface area contributed by atoms with E-state index in [0.717, 1.165) is 0 Å². The first-order valence-electron chi connectivity index (χ1n) is 7.12. The van der Waals surface area contributed by atoms with Gasteiger partial charge in [0.15, 0.2) is 0 Å². The highest BCUT2D eigenvalue weighted by molar-refractivity contribution is 14.1. The molecule has 0 bridgehead atoms. The molecule has 1 aliphatic carbocycles. The fourth-order valence-electron chi connectivity index (χ4n) is 3.21. The number of rotatable bonds is 1. The predicted molar refractivity (Wildman–Crippen MR) is 94.1 cm³/mol. The Bertz CT molecular complexity index is 533. The van der Waals surface area contributed by atoms with E-state index in [2.05, 4.69) is 80.3 Å². The molecule has 2 rings (SSSR count). The van der Waals surface area contributed by atoms with Gasteiger partial charge in [-0.05, 0) is 69.4 Å². The molecule has 0 aliphatic heterocycles. The molecule has 0 radical (unpaired) electrons. The molecule has 0 nitrogen and oxygen atoms in total. The molecule has 0 unspecified atom stereocenters. The molecule has 1 aromatic rings. The van der Waals surface area contributed by atoms with E-state index in [0.29, 0.717) is 10.8 Å². The zero-order valence-corrected chi connectivity index (χ0v) is 15.2. The molecule has 0 aromatic heterocycles. The molecule has 0 atom stereocenters. The Labute approximate surface area is 131 Å². The maximum atomic E-state index is 2.45.